The molecule has 0 saturated carbocycles. The third-order valence-corrected chi connectivity index (χ3v) is 2.77. The van der Waals surface area contributed by atoms with Crippen LogP contribution in [0.5, 0.6) is 0 Å². The van der Waals surface area contributed by atoms with Gasteiger partial charge in [-0.2, -0.15) is 0 Å². The van der Waals surface area contributed by atoms with Crippen LogP contribution in [0.25, 0.3) is 11.0 Å². The lowest BCUT2D eigenvalue weighted by molar-refractivity contribution is 0.166. The van der Waals surface area contributed by atoms with Crippen LogP contribution in [0.3, 0.4) is 0 Å². The number of aliphatic hydroxyl groups excluding tert-OH is 1. The predicted molar refractivity (Wildman–Crippen MR) is 68.5 cm³/mol. The molecule has 1 aromatic carbocycles. The minimum atomic E-state index is -0.477. The molecular formula is C14H16N2O. The maximum Gasteiger partial charge on any atom is 0.0944 e. The second kappa shape index (κ2) is 5.55. The zero-order chi connectivity index (χ0) is 12.1. The summed E-state index contributed by atoms with van der Waals surface area (Å²) in [4.78, 5) is 8.52. The molecular weight excluding hydrogens is 212 g/mol. The van der Waals surface area contributed by atoms with E-state index in [1.54, 1.807) is 12.4 Å². The van der Waals surface area contributed by atoms with Gasteiger partial charge in [-0.05, 0) is 25.3 Å². The number of benzene rings is 1. The van der Waals surface area contributed by atoms with Crippen molar-refractivity contribution in [2.45, 2.75) is 25.4 Å². The number of nitrogens with zero attached hydrogens (tertiary/aromatic N) is 2. The molecule has 0 spiro atoms. The summed E-state index contributed by atoms with van der Waals surface area (Å²) in [7, 11) is 0. The summed E-state index contributed by atoms with van der Waals surface area (Å²) in [6.07, 6.45) is 7.29. The number of unbranched alkanes of at least 4 members (excludes halogenated alkanes) is 1. The summed E-state index contributed by atoms with van der Waals surface area (Å²) < 4.78 is 0. The van der Waals surface area contributed by atoms with Crippen molar-refractivity contribution < 1.29 is 5.11 Å². The molecule has 88 valence electrons. The van der Waals surface area contributed by atoms with Gasteiger partial charge in [0.05, 0.1) is 17.1 Å². The number of rotatable bonds is 5. The van der Waals surface area contributed by atoms with E-state index in [9.17, 15) is 5.11 Å². The molecule has 0 radical (unpaired) electrons. The quantitative estimate of drug-likeness (QED) is 0.632. The van der Waals surface area contributed by atoms with Crippen LogP contribution >= 0.6 is 0 Å². The molecule has 1 unspecified atom stereocenters. The second-order valence-corrected chi connectivity index (χ2v) is 4.01. The number of hydrogen-bond acceptors (Lipinski definition) is 3. The Morgan fingerprint density at radius 2 is 2.12 bits per heavy atom. The maximum atomic E-state index is 10.1. The van der Waals surface area contributed by atoms with Gasteiger partial charge in [0, 0.05) is 18.0 Å². The van der Waals surface area contributed by atoms with Crippen LogP contribution in [-0.4, -0.2) is 15.1 Å². The van der Waals surface area contributed by atoms with Crippen molar-refractivity contribution in [2.24, 2.45) is 0 Å². The van der Waals surface area contributed by atoms with Crippen molar-refractivity contribution in [3.8, 4) is 0 Å². The van der Waals surface area contributed by atoms with Crippen molar-refractivity contribution in [3.05, 3.63) is 48.8 Å². The zero-order valence-corrected chi connectivity index (χ0v) is 9.71. The molecule has 3 heteroatoms. The highest BCUT2D eigenvalue weighted by Gasteiger charge is 2.11. The Hall–Kier alpha value is -1.74. The normalized spacial score (nSPS) is 12.5. The van der Waals surface area contributed by atoms with E-state index < -0.39 is 6.10 Å². The Bertz CT molecular complexity index is 505. The van der Waals surface area contributed by atoms with Gasteiger partial charge >= 0.3 is 0 Å². The highest BCUT2D eigenvalue weighted by atomic mass is 16.3. The van der Waals surface area contributed by atoms with Crippen molar-refractivity contribution in [1.29, 1.82) is 0 Å². The van der Waals surface area contributed by atoms with E-state index in [0.29, 0.717) is 0 Å². The SMILES string of the molecule is C=CCCCC(O)c1cccc2nccnc12. The average molecular weight is 228 g/mol. The fourth-order valence-corrected chi connectivity index (χ4v) is 1.89. The second-order valence-electron chi connectivity index (χ2n) is 4.01. The Morgan fingerprint density at radius 1 is 1.29 bits per heavy atom. The lowest BCUT2D eigenvalue weighted by atomic mass is 10.0. The maximum absolute atomic E-state index is 10.1. The first kappa shape index (κ1) is 11.7. The summed E-state index contributed by atoms with van der Waals surface area (Å²) in [6.45, 7) is 3.68. The summed E-state index contributed by atoms with van der Waals surface area (Å²) >= 11 is 0. The van der Waals surface area contributed by atoms with Gasteiger partial charge in [0.1, 0.15) is 0 Å². The number of allylic oxidation sites excluding steroid dienone is 1. The van der Waals surface area contributed by atoms with Crippen LogP contribution in [0.1, 0.15) is 30.9 Å². The Balaban J connectivity index is 2.25. The predicted octanol–water partition coefficient (Wildman–Crippen LogP) is 3.02. The smallest absolute Gasteiger partial charge is 0.0944 e. The lowest BCUT2D eigenvalue weighted by Gasteiger charge is -2.11. The van der Waals surface area contributed by atoms with E-state index in [1.165, 1.54) is 0 Å². The standard InChI is InChI=1S/C14H16N2O/c1-2-3-4-8-13(17)11-6-5-7-12-14(11)16-10-9-15-12/h2,5-7,9-10,13,17H,1,3-4,8H2. The van der Waals surface area contributed by atoms with E-state index in [4.69, 9.17) is 0 Å². The molecule has 0 saturated heterocycles. The van der Waals surface area contributed by atoms with E-state index >= 15 is 0 Å². The van der Waals surface area contributed by atoms with E-state index in [2.05, 4.69) is 16.5 Å². The highest BCUT2D eigenvalue weighted by Crippen LogP contribution is 2.24. The average Bonchev–Trinajstić information content (AvgIpc) is 2.38. The van der Waals surface area contributed by atoms with Crippen LogP contribution in [0.2, 0.25) is 0 Å². The molecule has 0 aliphatic heterocycles. The van der Waals surface area contributed by atoms with Gasteiger partial charge in [-0.25, -0.2) is 0 Å². The fraction of sp³-hybridized carbons (Fsp3) is 0.286. The molecule has 17 heavy (non-hydrogen) atoms. The molecule has 0 aliphatic carbocycles. The minimum Gasteiger partial charge on any atom is -0.388 e. The highest BCUT2D eigenvalue weighted by molar-refractivity contribution is 5.77. The Labute approximate surface area is 101 Å². The van der Waals surface area contributed by atoms with Gasteiger partial charge in [-0.1, -0.05) is 18.2 Å². The largest absolute Gasteiger partial charge is 0.388 e. The Kier molecular flexibility index (Phi) is 3.83. The number of aliphatic hydroxyl groups is 1. The first-order valence-corrected chi connectivity index (χ1v) is 5.81. The number of hydrogen-bond donors (Lipinski definition) is 1. The number of aromatic nitrogens is 2. The monoisotopic (exact) mass is 228 g/mol. The summed E-state index contributed by atoms with van der Waals surface area (Å²) in [5, 5.41) is 10.1. The molecule has 1 N–H and O–H groups in total. The first-order valence-electron chi connectivity index (χ1n) is 5.81. The van der Waals surface area contributed by atoms with Gasteiger partial charge < -0.3 is 5.11 Å². The Morgan fingerprint density at radius 3 is 2.94 bits per heavy atom. The van der Waals surface area contributed by atoms with Crippen molar-refractivity contribution in [3.63, 3.8) is 0 Å². The van der Waals surface area contributed by atoms with Gasteiger partial charge in [0.2, 0.25) is 0 Å². The third-order valence-electron chi connectivity index (χ3n) is 2.77. The van der Waals surface area contributed by atoms with Crippen molar-refractivity contribution in [2.75, 3.05) is 0 Å². The van der Waals surface area contributed by atoms with Crippen LogP contribution in [0.15, 0.2) is 43.2 Å². The molecule has 0 bridgehead atoms. The molecule has 2 rings (SSSR count). The van der Waals surface area contributed by atoms with Gasteiger partial charge in [0.25, 0.3) is 0 Å². The summed E-state index contributed by atoms with van der Waals surface area (Å²) in [5.41, 5.74) is 2.48. The minimum absolute atomic E-state index is 0.477. The van der Waals surface area contributed by atoms with Crippen LogP contribution < -0.4 is 0 Å². The molecule has 0 amide bonds. The van der Waals surface area contributed by atoms with Gasteiger partial charge in [-0.3, -0.25) is 9.97 Å². The first-order chi connectivity index (χ1) is 8.33. The summed E-state index contributed by atoms with van der Waals surface area (Å²) in [6, 6.07) is 5.72. The van der Waals surface area contributed by atoms with E-state index in [-0.39, 0.29) is 0 Å². The molecule has 1 atom stereocenters. The molecule has 2 aromatic rings. The van der Waals surface area contributed by atoms with Crippen LogP contribution in [-0.2, 0) is 0 Å². The summed E-state index contributed by atoms with van der Waals surface area (Å²) in [5.74, 6) is 0. The molecule has 0 fully saturated rings. The molecule has 1 heterocycles. The van der Waals surface area contributed by atoms with Crippen LogP contribution in [0.4, 0.5) is 0 Å². The number of para-hydroxylation sites is 1. The number of fused-ring (bicyclic) bond motifs is 1. The fourth-order valence-electron chi connectivity index (χ4n) is 1.89. The van der Waals surface area contributed by atoms with Crippen LogP contribution in [0, 0.1) is 0 Å². The topological polar surface area (TPSA) is 46.0 Å². The van der Waals surface area contributed by atoms with Gasteiger partial charge in [0.15, 0.2) is 0 Å². The lowest BCUT2D eigenvalue weighted by Crippen LogP contribution is -2.00. The van der Waals surface area contributed by atoms with Crippen molar-refractivity contribution >= 4 is 11.0 Å². The third kappa shape index (κ3) is 2.68. The van der Waals surface area contributed by atoms with E-state index in [0.717, 1.165) is 35.9 Å². The van der Waals surface area contributed by atoms with E-state index in [1.807, 2.05) is 24.3 Å². The zero-order valence-electron chi connectivity index (χ0n) is 9.71. The molecule has 3 nitrogen and oxygen atoms in total. The molecule has 0 aliphatic rings. The van der Waals surface area contributed by atoms with Gasteiger partial charge in [-0.15, -0.1) is 6.58 Å². The molecule has 1 aromatic heterocycles. The van der Waals surface area contributed by atoms with Crippen molar-refractivity contribution in [1.82, 2.24) is 9.97 Å².